The van der Waals surface area contributed by atoms with Crippen molar-refractivity contribution in [2.24, 2.45) is 0 Å². The van der Waals surface area contributed by atoms with Gasteiger partial charge in [-0.15, -0.1) is 0 Å². The molecule has 0 spiro atoms. The first kappa shape index (κ1) is 18.0. The summed E-state index contributed by atoms with van der Waals surface area (Å²) in [6.45, 7) is 0.131. The monoisotopic (exact) mass is 406 g/mol. The van der Waals surface area contributed by atoms with E-state index in [4.69, 9.17) is 34.8 Å². The van der Waals surface area contributed by atoms with Gasteiger partial charge in [-0.1, -0.05) is 46.9 Å². The second-order valence-corrected chi connectivity index (χ2v) is 6.15. The fraction of sp³-hybridized carbons (Fsp3) is 0.133. The molecule has 0 amide bonds. The van der Waals surface area contributed by atoms with Gasteiger partial charge in [0.1, 0.15) is 16.8 Å². The lowest BCUT2D eigenvalue weighted by molar-refractivity contribution is -0.137. The SMILES string of the molecule is FC(F)(F)c1ccc(-c2nc(Cl)c(Cl)n2Cc2ncc(Cl)cn2)cc1. The molecule has 3 aromatic rings. The van der Waals surface area contributed by atoms with Crippen LogP contribution in [0, 0.1) is 0 Å². The van der Waals surface area contributed by atoms with Gasteiger partial charge in [-0.3, -0.25) is 0 Å². The maximum Gasteiger partial charge on any atom is 0.416 e. The van der Waals surface area contributed by atoms with Crippen molar-refractivity contribution in [1.82, 2.24) is 19.5 Å². The molecular formula is C15H8Cl3F3N4. The van der Waals surface area contributed by atoms with Gasteiger partial charge in [-0.05, 0) is 12.1 Å². The molecule has 2 heterocycles. The van der Waals surface area contributed by atoms with Crippen LogP contribution in [0.2, 0.25) is 15.3 Å². The third kappa shape index (κ3) is 3.89. The maximum absolute atomic E-state index is 12.7. The van der Waals surface area contributed by atoms with E-state index in [1.54, 1.807) is 0 Å². The maximum atomic E-state index is 12.7. The highest BCUT2D eigenvalue weighted by molar-refractivity contribution is 6.40. The number of hydrogen-bond acceptors (Lipinski definition) is 3. The zero-order valence-electron chi connectivity index (χ0n) is 12.2. The number of aromatic nitrogens is 4. The predicted molar refractivity (Wildman–Crippen MR) is 88.8 cm³/mol. The number of alkyl halides is 3. The smallest absolute Gasteiger partial charge is 0.306 e. The van der Waals surface area contributed by atoms with Crippen LogP contribution in [0.4, 0.5) is 13.2 Å². The molecule has 3 rings (SSSR count). The fourth-order valence-corrected chi connectivity index (χ4v) is 2.60. The highest BCUT2D eigenvalue weighted by atomic mass is 35.5. The molecule has 0 saturated carbocycles. The van der Waals surface area contributed by atoms with Crippen molar-refractivity contribution in [1.29, 1.82) is 0 Å². The van der Waals surface area contributed by atoms with Crippen molar-refractivity contribution in [2.45, 2.75) is 12.7 Å². The average Bonchev–Trinajstić information content (AvgIpc) is 2.84. The minimum absolute atomic E-state index is 0.0329. The van der Waals surface area contributed by atoms with Gasteiger partial charge in [-0.2, -0.15) is 13.2 Å². The summed E-state index contributed by atoms with van der Waals surface area (Å²) in [6.07, 6.45) is -1.57. The summed E-state index contributed by atoms with van der Waals surface area (Å²) < 4.78 is 39.6. The van der Waals surface area contributed by atoms with Crippen LogP contribution in [0.15, 0.2) is 36.7 Å². The third-order valence-electron chi connectivity index (χ3n) is 3.31. The Morgan fingerprint density at radius 2 is 1.56 bits per heavy atom. The van der Waals surface area contributed by atoms with E-state index in [2.05, 4.69) is 15.0 Å². The van der Waals surface area contributed by atoms with Crippen molar-refractivity contribution < 1.29 is 13.2 Å². The van der Waals surface area contributed by atoms with Crippen LogP contribution >= 0.6 is 34.8 Å². The number of halogens is 6. The second kappa shape index (κ2) is 6.82. The number of imidazole rings is 1. The molecule has 0 fully saturated rings. The molecule has 0 N–H and O–H groups in total. The molecule has 0 atom stereocenters. The van der Waals surface area contributed by atoms with Crippen molar-refractivity contribution in [3.05, 3.63) is 63.4 Å². The highest BCUT2D eigenvalue weighted by Crippen LogP contribution is 2.33. The van der Waals surface area contributed by atoms with Crippen LogP contribution in [0.25, 0.3) is 11.4 Å². The third-order valence-corrected chi connectivity index (χ3v) is 4.25. The first-order chi connectivity index (χ1) is 11.8. The summed E-state index contributed by atoms with van der Waals surface area (Å²) in [7, 11) is 0. The van der Waals surface area contributed by atoms with E-state index in [9.17, 15) is 13.2 Å². The van der Waals surface area contributed by atoms with Crippen LogP contribution in [0.5, 0.6) is 0 Å². The van der Waals surface area contributed by atoms with E-state index in [1.807, 2.05) is 0 Å². The van der Waals surface area contributed by atoms with Crippen molar-refractivity contribution >= 4 is 34.8 Å². The first-order valence-electron chi connectivity index (χ1n) is 6.81. The largest absolute Gasteiger partial charge is 0.416 e. The Morgan fingerprint density at radius 1 is 0.960 bits per heavy atom. The van der Waals surface area contributed by atoms with Crippen molar-refractivity contribution in [3.8, 4) is 11.4 Å². The van der Waals surface area contributed by atoms with Crippen molar-refractivity contribution in [2.75, 3.05) is 0 Å². The van der Waals surface area contributed by atoms with Crippen LogP contribution in [0.3, 0.4) is 0 Å². The molecule has 0 aliphatic carbocycles. The topological polar surface area (TPSA) is 43.6 Å². The zero-order chi connectivity index (χ0) is 18.2. The Morgan fingerprint density at radius 3 is 2.12 bits per heavy atom. The highest BCUT2D eigenvalue weighted by Gasteiger charge is 2.30. The van der Waals surface area contributed by atoms with E-state index in [0.29, 0.717) is 22.2 Å². The fourth-order valence-electron chi connectivity index (χ4n) is 2.14. The number of hydrogen-bond donors (Lipinski definition) is 0. The number of benzene rings is 1. The van der Waals surface area contributed by atoms with Gasteiger partial charge in [-0.25, -0.2) is 15.0 Å². The van der Waals surface area contributed by atoms with Gasteiger partial charge < -0.3 is 4.57 Å². The summed E-state index contributed by atoms with van der Waals surface area (Å²) in [6, 6.07) is 4.54. The molecule has 0 radical (unpaired) electrons. The van der Waals surface area contributed by atoms with Crippen LogP contribution < -0.4 is 0 Å². The van der Waals surface area contributed by atoms with Crippen LogP contribution in [0.1, 0.15) is 11.4 Å². The van der Waals surface area contributed by atoms with Gasteiger partial charge in [0.15, 0.2) is 5.15 Å². The Balaban J connectivity index is 1.99. The van der Waals surface area contributed by atoms with Crippen LogP contribution in [-0.4, -0.2) is 19.5 Å². The summed E-state index contributed by atoms with van der Waals surface area (Å²) >= 11 is 17.9. The van der Waals surface area contributed by atoms with E-state index < -0.39 is 11.7 Å². The average molecular weight is 408 g/mol. The van der Waals surface area contributed by atoms with E-state index >= 15 is 0 Å². The quantitative estimate of drug-likeness (QED) is 0.586. The van der Waals surface area contributed by atoms with Gasteiger partial charge in [0, 0.05) is 18.0 Å². The second-order valence-electron chi connectivity index (χ2n) is 5.00. The van der Waals surface area contributed by atoms with E-state index in [-0.39, 0.29) is 16.9 Å². The molecule has 4 nitrogen and oxygen atoms in total. The van der Waals surface area contributed by atoms with Crippen molar-refractivity contribution in [3.63, 3.8) is 0 Å². The molecule has 130 valence electrons. The summed E-state index contributed by atoms with van der Waals surface area (Å²) in [5.41, 5.74) is -0.330. The molecule has 1 aromatic carbocycles. The molecular weight excluding hydrogens is 400 g/mol. The molecule has 0 aliphatic heterocycles. The van der Waals surface area contributed by atoms with Gasteiger partial charge in [0.05, 0.1) is 17.1 Å². The Kier molecular flexibility index (Phi) is 4.90. The van der Waals surface area contributed by atoms with Crippen LogP contribution in [-0.2, 0) is 12.7 Å². The molecule has 0 saturated heterocycles. The van der Waals surface area contributed by atoms with Gasteiger partial charge in [0.2, 0.25) is 0 Å². The summed E-state index contributed by atoms with van der Waals surface area (Å²) in [4.78, 5) is 12.2. The molecule has 0 unspecified atom stereocenters. The molecule has 0 aliphatic rings. The lowest BCUT2D eigenvalue weighted by Crippen LogP contribution is -2.07. The number of rotatable bonds is 3. The van der Waals surface area contributed by atoms with Gasteiger partial charge in [0.25, 0.3) is 0 Å². The Labute approximate surface area is 155 Å². The normalized spacial score (nSPS) is 11.8. The minimum Gasteiger partial charge on any atom is -0.306 e. The first-order valence-corrected chi connectivity index (χ1v) is 7.94. The zero-order valence-corrected chi connectivity index (χ0v) is 14.5. The standard InChI is InChI=1S/C15H8Cl3F3N4/c16-10-5-22-11(23-6-10)7-25-13(18)12(17)24-14(25)8-1-3-9(4-2-8)15(19,20)21/h1-6H,7H2. The van der Waals surface area contributed by atoms with Gasteiger partial charge >= 0.3 is 6.18 Å². The summed E-state index contributed by atoms with van der Waals surface area (Å²) in [5.74, 6) is 0.704. The number of nitrogens with zero attached hydrogens (tertiary/aromatic N) is 4. The minimum atomic E-state index is -4.42. The molecule has 2 aromatic heterocycles. The predicted octanol–water partition coefficient (Wildman–Crippen LogP) is 5.37. The molecule has 0 bridgehead atoms. The summed E-state index contributed by atoms with van der Waals surface area (Å²) in [5, 5.41) is 0.544. The van der Waals surface area contributed by atoms with E-state index in [1.165, 1.54) is 29.1 Å². The lowest BCUT2D eigenvalue weighted by atomic mass is 10.1. The Bertz CT molecular complexity index is 890. The lowest BCUT2D eigenvalue weighted by Gasteiger charge is -2.10. The molecule has 10 heteroatoms. The molecule has 25 heavy (non-hydrogen) atoms. The Hall–Kier alpha value is -1.83. The van der Waals surface area contributed by atoms with E-state index in [0.717, 1.165) is 12.1 Å².